The average Bonchev–Trinajstić information content (AvgIpc) is 2.20. The van der Waals surface area contributed by atoms with Crippen molar-refractivity contribution in [3.05, 3.63) is 28.2 Å². The fraction of sp³-hybridized carbons (Fsp3) is 0.300. The molecule has 0 amide bonds. The molecule has 2 N–H and O–H groups in total. The van der Waals surface area contributed by atoms with Crippen molar-refractivity contribution in [1.82, 2.24) is 0 Å². The van der Waals surface area contributed by atoms with Crippen LogP contribution in [0.4, 0.5) is 0 Å². The van der Waals surface area contributed by atoms with Crippen molar-refractivity contribution in [2.75, 3.05) is 0 Å². The minimum atomic E-state index is -1.05. The summed E-state index contributed by atoms with van der Waals surface area (Å²) in [6.07, 6.45) is -0.950. The Labute approximate surface area is 95.6 Å². The van der Waals surface area contributed by atoms with Gasteiger partial charge in [0.05, 0.1) is 11.1 Å². The summed E-state index contributed by atoms with van der Waals surface area (Å²) in [5.41, 5.74) is 0.553. The standard InChI is InChI=1S/C10H11BrO4/c1-6(10(13)14)15-9-7(5-12)3-2-4-8(9)11/h2-4,6,12H,5H2,1H3,(H,13,14). The molecule has 15 heavy (non-hydrogen) atoms. The summed E-state index contributed by atoms with van der Waals surface area (Å²) >= 11 is 3.24. The highest BCUT2D eigenvalue weighted by Crippen LogP contribution is 2.29. The molecule has 0 aliphatic carbocycles. The van der Waals surface area contributed by atoms with Crippen molar-refractivity contribution in [2.24, 2.45) is 0 Å². The number of hydrogen-bond acceptors (Lipinski definition) is 3. The monoisotopic (exact) mass is 274 g/mol. The van der Waals surface area contributed by atoms with Gasteiger partial charge in [-0.05, 0) is 28.9 Å². The van der Waals surface area contributed by atoms with E-state index in [-0.39, 0.29) is 6.61 Å². The molecule has 0 aliphatic rings. The molecule has 0 aliphatic heterocycles. The van der Waals surface area contributed by atoms with Crippen molar-refractivity contribution in [1.29, 1.82) is 0 Å². The van der Waals surface area contributed by atoms with E-state index in [0.717, 1.165) is 0 Å². The van der Waals surface area contributed by atoms with Gasteiger partial charge < -0.3 is 14.9 Å². The lowest BCUT2D eigenvalue weighted by Crippen LogP contribution is -2.23. The molecule has 0 aromatic heterocycles. The van der Waals surface area contributed by atoms with Crippen LogP contribution in [0.25, 0.3) is 0 Å². The number of para-hydroxylation sites is 1. The Bertz CT molecular complexity index is 364. The zero-order valence-corrected chi connectivity index (χ0v) is 9.69. The molecule has 0 heterocycles. The van der Waals surface area contributed by atoms with Crippen LogP contribution in [0.5, 0.6) is 5.75 Å². The minimum Gasteiger partial charge on any atom is -0.479 e. The van der Waals surface area contributed by atoms with Crippen LogP contribution in [-0.4, -0.2) is 22.3 Å². The molecule has 1 aromatic carbocycles. The Hall–Kier alpha value is -1.07. The van der Waals surface area contributed by atoms with Crippen LogP contribution in [0, 0.1) is 0 Å². The van der Waals surface area contributed by atoms with Gasteiger partial charge in [-0.3, -0.25) is 0 Å². The van der Waals surface area contributed by atoms with Gasteiger partial charge in [-0.2, -0.15) is 0 Å². The summed E-state index contributed by atoms with van der Waals surface area (Å²) in [6, 6.07) is 5.14. The highest BCUT2D eigenvalue weighted by molar-refractivity contribution is 9.10. The molecule has 0 bridgehead atoms. The number of carboxylic acids is 1. The number of hydrogen-bond donors (Lipinski definition) is 2. The number of halogens is 1. The number of rotatable bonds is 4. The van der Waals surface area contributed by atoms with Crippen LogP contribution in [0.3, 0.4) is 0 Å². The summed E-state index contributed by atoms with van der Waals surface area (Å²) in [7, 11) is 0. The first-order valence-electron chi connectivity index (χ1n) is 4.34. The van der Waals surface area contributed by atoms with E-state index < -0.39 is 12.1 Å². The van der Waals surface area contributed by atoms with Crippen LogP contribution in [-0.2, 0) is 11.4 Å². The van der Waals surface area contributed by atoms with Crippen molar-refractivity contribution >= 4 is 21.9 Å². The lowest BCUT2D eigenvalue weighted by Gasteiger charge is -2.14. The Morgan fingerprint density at radius 1 is 1.60 bits per heavy atom. The molecular formula is C10H11BrO4. The van der Waals surface area contributed by atoms with Gasteiger partial charge in [0.15, 0.2) is 6.10 Å². The van der Waals surface area contributed by atoms with Crippen LogP contribution < -0.4 is 4.74 Å². The van der Waals surface area contributed by atoms with E-state index in [1.165, 1.54) is 6.92 Å². The van der Waals surface area contributed by atoms with E-state index in [4.69, 9.17) is 14.9 Å². The summed E-state index contributed by atoms with van der Waals surface area (Å²) < 4.78 is 5.85. The van der Waals surface area contributed by atoms with E-state index in [9.17, 15) is 4.79 Å². The Morgan fingerprint density at radius 3 is 2.80 bits per heavy atom. The van der Waals surface area contributed by atoms with E-state index in [2.05, 4.69) is 15.9 Å². The van der Waals surface area contributed by atoms with E-state index in [1.54, 1.807) is 18.2 Å². The normalized spacial score (nSPS) is 12.2. The molecule has 0 radical (unpaired) electrons. The van der Waals surface area contributed by atoms with E-state index in [0.29, 0.717) is 15.8 Å². The van der Waals surface area contributed by atoms with Crippen molar-refractivity contribution in [2.45, 2.75) is 19.6 Å². The maximum atomic E-state index is 10.6. The van der Waals surface area contributed by atoms with Gasteiger partial charge in [-0.25, -0.2) is 4.79 Å². The molecule has 1 rings (SSSR count). The first-order valence-corrected chi connectivity index (χ1v) is 5.13. The highest BCUT2D eigenvalue weighted by atomic mass is 79.9. The Balaban J connectivity index is 2.97. The summed E-state index contributed by atoms with van der Waals surface area (Å²) in [5.74, 6) is -0.676. The molecule has 1 unspecified atom stereocenters. The highest BCUT2D eigenvalue weighted by Gasteiger charge is 2.16. The molecule has 4 nitrogen and oxygen atoms in total. The number of carboxylic acid groups (broad SMARTS) is 1. The van der Waals surface area contributed by atoms with Crippen LogP contribution >= 0.6 is 15.9 Å². The molecule has 82 valence electrons. The number of aliphatic hydroxyl groups is 1. The molecule has 5 heteroatoms. The predicted octanol–water partition coefficient (Wildman–Crippen LogP) is 1.79. The molecule has 0 spiro atoms. The molecule has 0 fully saturated rings. The zero-order valence-electron chi connectivity index (χ0n) is 8.11. The topological polar surface area (TPSA) is 66.8 Å². The zero-order chi connectivity index (χ0) is 11.4. The average molecular weight is 275 g/mol. The van der Waals surface area contributed by atoms with Crippen LogP contribution in [0.15, 0.2) is 22.7 Å². The van der Waals surface area contributed by atoms with Gasteiger partial charge >= 0.3 is 5.97 Å². The van der Waals surface area contributed by atoms with Crippen molar-refractivity contribution < 1.29 is 19.7 Å². The quantitative estimate of drug-likeness (QED) is 0.879. The summed E-state index contributed by atoms with van der Waals surface area (Å²) in [6.45, 7) is 1.24. The van der Waals surface area contributed by atoms with Crippen LogP contribution in [0.1, 0.15) is 12.5 Å². The third-order valence-corrected chi connectivity index (χ3v) is 2.49. The largest absolute Gasteiger partial charge is 0.479 e. The number of ether oxygens (including phenoxy) is 1. The summed E-state index contributed by atoms with van der Waals surface area (Å²) in [4.78, 5) is 10.6. The number of aliphatic hydroxyl groups excluding tert-OH is 1. The lowest BCUT2D eigenvalue weighted by atomic mass is 10.2. The number of aliphatic carboxylic acids is 1. The van der Waals surface area contributed by atoms with Crippen molar-refractivity contribution in [3.63, 3.8) is 0 Å². The predicted molar refractivity (Wildman–Crippen MR) is 57.8 cm³/mol. The lowest BCUT2D eigenvalue weighted by molar-refractivity contribution is -0.144. The second kappa shape index (κ2) is 5.14. The van der Waals surface area contributed by atoms with Gasteiger partial charge in [0.25, 0.3) is 0 Å². The number of carbonyl (C=O) groups is 1. The third-order valence-electron chi connectivity index (χ3n) is 1.86. The minimum absolute atomic E-state index is 0.193. The third kappa shape index (κ3) is 2.94. The van der Waals surface area contributed by atoms with E-state index in [1.807, 2.05) is 0 Å². The SMILES string of the molecule is CC(Oc1c(Br)cccc1CO)C(=O)O. The fourth-order valence-electron chi connectivity index (χ4n) is 1.04. The second-order valence-corrected chi connectivity index (χ2v) is 3.84. The maximum Gasteiger partial charge on any atom is 0.344 e. The molecule has 0 saturated heterocycles. The van der Waals surface area contributed by atoms with E-state index >= 15 is 0 Å². The van der Waals surface area contributed by atoms with Crippen LogP contribution in [0.2, 0.25) is 0 Å². The molecule has 1 aromatic rings. The van der Waals surface area contributed by atoms with Gasteiger partial charge in [0.1, 0.15) is 5.75 Å². The first-order chi connectivity index (χ1) is 7.06. The van der Waals surface area contributed by atoms with Gasteiger partial charge in [-0.15, -0.1) is 0 Å². The van der Waals surface area contributed by atoms with Crippen molar-refractivity contribution in [3.8, 4) is 5.75 Å². The second-order valence-electron chi connectivity index (χ2n) is 2.98. The maximum absolute atomic E-state index is 10.6. The smallest absolute Gasteiger partial charge is 0.344 e. The first kappa shape index (κ1) is 12.0. The molecular weight excluding hydrogens is 264 g/mol. The molecule has 0 saturated carbocycles. The van der Waals surface area contributed by atoms with Gasteiger partial charge in [0, 0.05) is 5.56 Å². The summed E-state index contributed by atoms with van der Waals surface area (Å²) in [5, 5.41) is 17.7. The fourth-order valence-corrected chi connectivity index (χ4v) is 1.54. The number of benzene rings is 1. The Morgan fingerprint density at radius 2 is 2.27 bits per heavy atom. The Kier molecular flexibility index (Phi) is 4.11. The molecule has 1 atom stereocenters. The van der Waals surface area contributed by atoms with Gasteiger partial charge in [0.2, 0.25) is 0 Å². The van der Waals surface area contributed by atoms with Gasteiger partial charge in [-0.1, -0.05) is 12.1 Å².